The van der Waals surface area contributed by atoms with Crippen molar-refractivity contribution in [3.8, 4) is 0 Å². The van der Waals surface area contributed by atoms with E-state index < -0.39 is 17.7 Å². The molecule has 7 heteroatoms. The third kappa shape index (κ3) is 4.35. The second kappa shape index (κ2) is 8.31. The van der Waals surface area contributed by atoms with Crippen LogP contribution in [-0.4, -0.2) is 64.0 Å². The van der Waals surface area contributed by atoms with Gasteiger partial charge in [0.15, 0.2) is 0 Å². The van der Waals surface area contributed by atoms with Crippen LogP contribution in [0, 0.1) is 5.92 Å². The Morgan fingerprint density at radius 3 is 2.43 bits per heavy atom. The Labute approximate surface area is 165 Å². The quantitative estimate of drug-likeness (QED) is 0.772. The summed E-state index contributed by atoms with van der Waals surface area (Å²) in [7, 11) is 0. The minimum absolute atomic E-state index is 0.125. The normalized spacial score (nSPS) is 21.5. The molecule has 0 saturated carbocycles. The van der Waals surface area contributed by atoms with Crippen molar-refractivity contribution >= 4 is 17.8 Å². The number of benzene rings is 1. The predicted octanol–water partition coefficient (Wildman–Crippen LogP) is 1.48. The van der Waals surface area contributed by atoms with Crippen molar-refractivity contribution in [2.45, 2.75) is 51.2 Å². The van der Waals surface area contributed by atoms with Gasteiger partial charge in [-0.1, -0.05) is 44.2 Å². The van der Waals surface area contributed by atoms with Gasteiger partial charge in [0.2, 0.25) is 11.8 Å². The molecule has 152 valence electrons. The second-order valence-electron chi connectivity index (χ2n) is 8.22. The number of nitrogens with zero attached hydrogens (tertiary/aromatic N) is 2. The van der Waals surface area contributed by atoms with Crippen LogP contribution in [0.4, 0.5) is 0 Å². The average Bonchev–Trinajstić information content (AvgIpc) is 2.87. The fourth-order valence-electron chi connectivity index (χ4n) is 4.23. The van der Waals surface area contributed by atoms with Gasteiger partial charge in [-0.3, -0.25) is 19.7 Å². The van der Waals surface area contributed by atoms with E-state index in [1.807, 2.05) is 49.1 Å². The van der Waals surface area contributed by atoms with E-state index in [0.717, 1.165) is 5.56 Å². The third-order valence-corrected chi connectivity index (χ3v) is 5.63. The molecule has 28 heavy (non-hydrogen) atoms. The number of likely N-dealkylation sites (tertiary alicyclic amines) is 1. The monoisotopic (exact) mass is 387 g/mol. The Hall–Kier alpha value is -2.41. The van der Waals surface area contributed by atoms with Crippen LogP contribution < -0.4 is 5.32 Å². The highest BCUT2D eigenvalue weighted by Gasteiger charge is 2.52. The number of nitrogens with one attached hydrogen (secondary N) is 1. The highest BCUT2D eigenvalue weighted by Crippen LogP contribution is 2.33. The van der Waals surface area contributed by atoms with Crippen LogP contribution in [0.1, 0.15) is 38.7 Å². The summed E-state index contributed by atoms with van der Waals surface area (Å²) in [6.07, 6.45) is 2.12. The van der Waals surface area contributed by atoms with E-state index in [1.54, 1.807) is 0 Å². The summed E-state index contributed by atoms with van der Waals surface area (Å²) in [4.78, 5) is 40.1. The number of piperidine rings is 1. The van der Waals surface area contributed by atoms with Gasteiger partial charge in [-0.05, 0) is 17.9 Å². The molecule has 1 atom stereocenters. The predicted molar refractivity (Wildman–Crippen MR) is 104 cm³/mol. The molecule has 3 rings (SSSR count). The number of amides is 2. The van der Waals surface area contributed by atoms with E-state index in [9.17, 15) is 19.5 Å². The zero-order valence-electron chi connectivity index (χ0n) is 16.6. The van der Waals surface area contributed by atoms with Gasteiger partial charge in [0.05, 0.1) is 11.7 Å². The number of hydrogen-bond donors (Lipinski definition) is 2. The van der Waals surface area contributed by atoms with Crippen LogP contribution in [0.2, 0.25) is 0 Å². The maximum absolute atomic E-state index is 13.0. The first-order chi connectivity index (χ1) is 13.3. The molecule has 0 aliphatic carbocycles. The highest BCUT2D eigenvalue weighted by molar-refractivity contribution is 5.88. The summed E-state index contributed by atoms with van der Waals surface area (Å²) in [5.74, 6) is -0.769. The molecule has 2 N–H and O–H groups in total. The first-order valence-corrected chi connectivity index (χ1v) is 9.93. The lowest BCUT2D eigenvalue weighted by molar-refractivity contribution is -0.148. The number of aliphatic carboxylic acids is 1. The van der Waals surface area contributed by atoms with Crippen molar-refractivity contribution in [2.75, 3.05) is 19.6 Å². The molecule has 1 unspecified atom stereocenters. The minimum Gasteiger partial charge on any atom is -0.480 e. The van der Waals surface area contributed by atoms with Gasteiger partial charge in [-0.2, -0.15) is 0 Å². The summed E-state index contributed by atoms with van der Waals surface area (Å²) < 4.78 is 0. The Kier molecular flexibility index (Phi) is 6.03. The lowest BCUT2D eigenvalue weighted by Gasteiger charge is -2.44. The van der Waals surface area contributed by atoms with Crippen molar-refractivity contribution in [2.24, 2.45) is 5.92 Å². The second-order valence-corrected chi connectivity index (χ2v) is 8.22. The smallest absolute Gasteiger partial charge is 0.323 e. The van der Waals surface area contributed by atoms with E-state index in [0.29, 0.717) is 44.7 Å². The fraction of sp³-hybridized carbons (Fsp3) is 0.571. The van der Waals surface area contributed by atoms with Gasteiger partial charge >= 0.3 is 5.97 Å². The van der Waals surface area contributed by atoms with Crippen molar-refractivity contribution < 1.29 is 19.5 Å². The summed E-state index contributed by atoms with van der Waals surface area (Å²) >= 11 is 0. The van der Waals surface area contributed by atoms with Crippen LogP contribution >= 0.6 is 0 Å². The highest BCUT2D eigenvalue weighted by atomic mass is 16.4. The largest absolute Gasteiger partial charge is 0.480 e. The molecule has 2 aliphatic heterocycles. The van der Waals surface area contributed by atoms with Crippen LogP contribution in [0.15, 0.2) is 30.3 Å². The fourth-order valence-corrected chi connectivity index (χ4v) is 4.23. The van der Waals surface area contributed by atoms with Gasteiger partial charge in [-0.25, -0.2) is 0 Å². The molecule has 2 amide bonds. The van der Waals surface area contributed by atoms with Crippen LogP contribution in [0.3, 0.4) is 0 Å². The first kappa shape index (κ1) is 20.3. The van der Waals surface area contributed by atoms with E-state index in [2.05, 4.69) is 5.32 Å². The van der Waals surface area contributed by atoms with Gasteiger partial charge in [0, 0.05) is 32.4 Å². The number of hydrogen-bond acceptors (Lipinski definition) is 4. The molecule has 0 aromatic heterocycles. The maximum Gasteiger partial charge on any atom is 0.323 e. The first-order valence-electron chi connectivity index (χ1n) is 9.93. The third-order valence-electron chi connectivity index (χ3n) is 5.63. The van der Waals surface area contributed by atoms with E-state index >= 15 is 0 Å². The number of rotatable bonds is 6. The standard InChI is InChI=1S/C21H29N3O4/c1-15(2)12-18(25)23-10-8-21(9-11-23)22-17(13-16-6-4-3-5-7-16)20(28)24(21)14-19(26)27/h3-7,15,17,22H,8-14H2,1-2H3,(H,26,27). The number of carbonyl (C=O) groups excluding carboxylic acids is 2. The number of carboxylic acid groups (broad SMARTS) is 1. The average molecular weight is 387 g/mol. The summed E-state index contributed by atoms with van der Waals surface area (Å²) in [6.45, 7) is 4.77. The van der Waals surface area contributed by atoms with Crippen molar-refractivity contribution in [1.29, 1.82) is 0 Å². The Morgan fingerprint density at radius 2 is 1.86 bits per heavy atom. The van der Waals surface area contributed by atoms with Crippen LogP contribution in [0.5, 0.6) is 0 Å². The van der Waals surface area contributed by atoms with E-state index in [-0.39, 0.29) is 18.4 Å². The maximum atomic E-state index is 13.0. The lowest BCUT2D eigenvalue weighted by Crippen LogP contribution is -2.60. The minimum atomic E-state index is -1.02. The summed E-state index contributed by atoms with van der Waals surface area (Å²) in [5.41, 5.74) is 0.342. The summed E-state index contributed by atoms with van der Waals surface area (Å²) in [6, 6.07) is 9.27. The van der Waals surface area contributed by atoms with E-state index in [4.69, 9.17) is 0 Å². The molecule has 7 nitrogen and oxygen atoms in total. The Balaban J connectivity index is 1.74. The van der Waals surface area contributed by atoms with Gasteiger partial charge in [0.1, 0.15) is 6.54 Å². The van der Waals surface area contributed by atoms with Crippen molar-refractivity contribution in [1.82, 2.24) is 15.1 Å². The number of carbonyl (C=O) groups is 3. The molecular weight excluding hydrogens is 358 g/mol. The molecule has 2 heterocycles. The van der Waals surface area contributed by atoms with Crippen LogP contribution in [-0.2, 0) is 20.8 Å². The van der Waals surface area contributed by atoms with Gasteiger partial charge < -0.3 is 14.9 Å². The van der Waals surface area contributed by atoms with Crippen LogP contribution in [0.25, 0.3) is 0 Å². The number of carboxylic acids is 1. The molecule has 1 aromatic rings. The molecule has 1 spiro atoms. The topological polar surface area (TPSA) is 90.0 Å². The van der Waals surface area contributed by atoms with E-state index in [1.165, 1.54) is 4.90 Å². The molecule has 2 aliphatic rings. The molecule has 2 fully saturated rings. The molecule has 1 aromatic carbocycles. The molecule has 0 radical (unpaired) electrons. The summed E-state index contributed by atoms with van der Waals surface area (Å²) in [5, 5.41) is 12.8. The van der Waals surface area contributed by atoms with Gasteiger partial charge in [-0.15, -0.1) is 0 Å². The zero-order chi connectivity index (χ0) is 20.3. The SMILES string of the molecule is CC(C)CC(=O)N1CCC2(CC1)NC(Cc1ccccc1)C(=O)N2CC(=O)O. The lowest BCUT2D eigenvalue weighted by atomic mass is 9.95. The Bertz CT molecular complexity index is 726. The zero-order valence-corrected chi connectivity index (χ0v) is 16.6. The molecule has 2 saturated heterocycles. The molecule has 0 bridgehead atoms. The van der Waals surface area contributed by atoms with Crippen molar-refractivity contribution in [3.63, 3.8) is 0 Å². The van der Waals surface area contributed by atoms with Crippen molar-refractivity contribution in [3.05, 3.63) is 35.9 Å². The Morgan fingerprint density at radius 1 is 1.21 bits per heavy atom. The van der Waals surface area contributed by atoms with Gasteiger partial charge in [0.25, 0.3) is 0 Å². The molecular formula is C21H29N3O4.